The van der Waals surface area contributed by atoms with Gasteiger partial charge in [0.2, 0.25) is 10.0 Å². The summed E-state index contributed by atoms with van der Waals surface area (Å²) in [5.41, 5.74) is 1.68. The third-order valence-electron chi connectivity index (χ3n) is 3.43. The summed E-state index contributed by atoms with van der Waals surface area (Å²) in [7, 11) is -3.89. The van der Waals surface area contributed by atoms with Gasteiger partial charge >= 0.3 is 0 Å². The molecule has 0 heterocycles. The van der Waals surface area contributed by atoms with Gasteiger partial charge in [0.1, 0.15) is 6.67 Å². The number of hydrogen-bond acceptors (Lipinski definition) is 3. The molecule has 0 aromatic heterocycles. The Morgan fingerprint density at radius 1 is 1.09 bits per heavy atom. The molecule has 1 unspecified atom stereocenters. The first-order chi connectivity index (χ1) is 10.9. The maximum Gasteiger partial charge on any atom is 0.241 e. The summed E-state index contributed by atoms with van der Waals surface area (Å²) in [6.07, 6.45) is 0.106. The third kappa shape index (κ3) is 4.71. The quantitative estimate of drug-likeness (QED) is 0.845. The normalized spacial score (nSPS) is 12.8. The number of carbonyl (C=O) groups is 1. The van der Waals surface area contributed by atoms with Gasteiger partial charge in [-0.25, -0.2) is 17.5 Å². The molecule has 0 aliphatic heterocycles. The van der Waals surface area contributed by atoms with Gasteiger partial charge in [0.05, 0.1) is 10.9 Å². The highest BCUT2D eigenvalue weighted by Gasteiger charge is 2.25. The Kier molecular flexibility index (Phi) is 5.63. The molecular formula is C17H18FNO3S. The molecule has 4 nitrogen and oxygen atoms in total. The zero-order valence-electron chi connectivity index (χ0n) is 12.7. The van der Waals surface area contributed by atoms with E-state index in [1.807, 2.05) is 13.0 Å². The molecule has 0 fully saturated rings. The summed E-state index contributed by atoms with van der Waals surface area (Å²) in [6, 6.07) is 14.0. The van der Waals surface area contributed by atoms with Gasteiger partial charge in [-0.3, -0.25) is 4.79 Å². The Hall–Kier alpha value is -2.05. The molecule has 0 saturated carbocycles. The van der Waals surface area contributed by atoms with Gasteiger partial charge in [0.15, 0.2) is 5.78 Å². The average molecular weight is 335 g/mol. The molecule has 0 saturated heterocycles. The third-order valence-corrected chi connectivity index (χ3v) is 4.92. The standard InChI is InChI=1S/C17H18FNO3S/c1-13-7-9-15(10-8-13)23(21,22)19-16(17(20)12-18)11-14-5-3-2-4-6-14/h2-10,16,19H,11-12H2,1H3. The first-order valence-electron chi connectivity index (χ1n) is 7.14. The number of alkyl halides is 1. The predicted molar refractivity (Wildman–Crippen MR) is 86.4 cm³/mol. The van der Waals surface area contributed by atoms with Crippen molar-refractivity contribution >= 4 is 15.8 Å². The number of rotatable bonds is 7. The number of ketones is 1. The van der Waals surface area contributed by atoms with Crippen molar-refractivity contribution in [3.8, 4) is 0 Å². The van der Waals surface area contributed by atoms with E-state index >= 15 is 0 Å². The maximum atomic E-state index is 12.8. The molecule has 0 bridgehead atoms. The summed E-state index contributed by atoms with van der Waals surface area (Å²) >= 11 is 0. The molecule has 6 heteroatoms. The van der Waals surface area contributed by atoms with Crippen LogP contribution in [0.4, 0.5) is 4.39 Å². The summed E-state index contributed by atoms with van der Waals surface area (Å²) in [5.74, 6) is -0.787. The van der Waals surface area contributed by atoms with Crippen LogP contribution in [0.5, 0.6) is 0 Å². The van der Waals surface area contributed by atoms with Gasteiger partial charge in [-0.05, 0) is 31.0 Å². The van der Waals surface area contributed by atoms with Gasteiger partial charge in [-0.2, -0.15) is 0 Å². The van der Waals surface area contributed by atoms with E-state index in [0.717, 1.165) is 11.1 Å². The van der Waals surface area contributed by atoms with Crippen LogP contribution in [-0.2, 0) is 21.2 Å². The van der Waals surface area contributed by atoms with Crippen LogP contribution in [-0.4, -0.2) is 26.9 Å². The van der Waals surface area contributed by atoms with Crippen LogP contribution >= 0.6 is 0 Å². The van der Waals surface area contributed by atoms with Crippen molar-refractivity contribution in [2.24, 2.45) is 0 Å². The second-order valence-electron chi connectivity index (χ2n) is 5.28. The topological polar surface area (TPSA) is 63.2 Å². The van der Waals surface area contributed by atoms with E-state index < -0.39 is 28.5 Å². The Labute approximate surface area is 135 Å². The minimum absolute atomic E-state index is 0.0489. The molecule has 1 N–H and O–H groups in total. The van der Waals surface area contributed by atoms with Crippen LogP contribution < -0.4 is 4.72 Å². The molecule has 122 valence electrons. The SMILES string of the molecule is Cc1ccc(S(=O)(=O)NC(Cc2ccccc2)C(=O)CF)cc1. The molecule has 2 aromatic rings. The van der Waals surface area contributed by atoms with Crippen LogP contribution in [0.2, 0.25) is 0 Å². The lowest BCUT2D eigenvalue weighted by atomic mass is 10.0. The van der Waals surface area contributed by atoms with Gasteiger partial charge in [0.25, 0.3) is 0 Å². The number of halogens is 1. The minimum Gasteiger partial charge on any atom is -0.295 e. The van der Waals surface area contributed by atoms with Gasteiger partial charge < -0.3 is 0 Å². The second-order valence-corrected chi connectivity index (χ2v) is 6.99. The molecule has 0 aliphatic rings. The first-order valence-corrected chi connectivity index (χ1v) is 8.62. The molecule has 2 rings (SSSR count). The van der Waals surface area contributed by atoms with E-state index in [1.165, 1.54) is 12.1 Å². The fourth-order valence-electron chi connectivity index (χ4n) is 2.14. The molecule has 0 spiro atoms. The minimum atomic E-state index is -3.89. The zero-order valence-corrected chi connectivity index (χ0v) is 13.5. The van der Waals surface area contributed by atoms with Crippen molar-refractivity contribution in [1.29, 1.82) is 0 Å². The molecule has 23 heavy (non-hydrogen) atoms. The van der Waals surface area contributed by atoms with Gasteiger partial charge in [-0.15, -0.1) is 0 Å². The predicted octanol–water partition coefficient (Wildman–Crippen LogP) is 2.42. The summed E-state index contributed by atoms with van der Waals surface area (Å²) < 4.78 is 39.9. The highest BCUT2D eigenvalue weighted by atomic mass is 32.2. The number of Topliss-reactive ketones (excluding diaryl/α,β-unsaturated/α-hetero) is 1. The van der Waals surface area contributed by atoms with Crippen LogP contribution in [0.1, 0.15) is 11.1 Å². The Morgan fingerprint density at radius 3 is 2.26 bits per heavy atom. The van der Waals surface area contributed by atoms with Crippen molar-refractivity contribution in [3.05, 3.63) is 65.7 Å². The molecule has 0 radical (unpaired) electrons. The fraction of sp³-hybridized carbons (Fsp3) is 0.235. The van der Waals surface area contributed by atoms with E-state index in [2.05, 4.69) is 4.72 Å². The van der Waals surface area contributed by atoms with Crippen LogP contribution in [0.25, 0.3) is 0 Å². The monoisotopic (exact) mass is 335 g/mol. The van der Waals surface area contributed by atoms with Crippen molar-refractivity contribution in [2.75, 3.05) is 6.67 Å². The molecule has 0 amide bonds. The molecule has 2 aromatic carbocycles. The lowest BCUT2D eigenvalue weighted by molar-refractivity contribution is -0.121. The van der Waals surface area contributed by atoms with Crippen LogP contribution in [0.15, 0.2) is 59.5 Å². The lowest BCUT2D eigenvalue weighted by Gasteiger charge is -2.17. The summed E-state index contributed by atoms with van der Waals surface area (Å²) in [5, 5.41) is 0. The lowest BCUT2D eigenvalue weighted by Crippen LogP contribution is -2.43. The number of nitrogens with one attached hydrogen (secondary N) is 1. The van der Waals surface area contributed by atoms with Gasteiger partial charge in [0, 0.05) is 0 Å². The first kappa shape index (κ1) is 17.3. The Morgan fingerprint density at radius 2 is 1.70 bits per heavy atom. The van der Waals surface area contributed by atoms with Crippen molar-refractivity contribution in [3.63, 3.8) is 0 Å². The zero-order chi connectivity index (χ0) is 16.9. The maximum absolute atomic E-state index is 12.8. The van der Waals surface area contributed by atoms with Crippen molar-refractivity contribution in [2.45, 2.75) is 24.3 Å². The smallest absolute Gasteiger partial charge is 0.241 e. The summed E-state index contributed by atoms with van der Waals surface area (Å²) in [4.78, 5) is 11.8. The number of sulfonamides is 1. The van der Waals surface area contributed by atoms with Crippen molar-refractivity contribution in [1.82, 2.24) is 4.72 Å². The number of benzene rings is 2. The molecule has 0 aliphatic carbocycles. The van der Waals surface area contributed by atoms with E-state index in [0.29, 0.717) is 0 Å². The molecule has 1 atom stereocenters. The van der Waals surface area contributed by atoms with E-state index in [4.69, 9.17) is 0 Å². The summed E-state index contributed by atoms with van der Waals surface area (Å²) in [6.45, 7) is 0.628. The number of carbonyl (C=O) groups excluding carboxylic acids is 1. The van der Waals surface area contributed by atoms with E-state index in [-0.39, 0.29) is 11.3 Å². The average Bonchev–Trinajstić information content (AvgIpc) is 2.54. The highest BCUT2D eigenvalue weighted by molar-refractivity contribution is 7.89. The van der Waals surface area contributed by atoms with Crippen molar-refractivity contribution < 1.29 is 17.6 Å². The Bertz CT molecular complexity index is 758. The van der Waals surface area contributed by atoms with Crippen LogP contribution in [0, 0.1) is 6.92 Å². The van der Waals surface area contributed by atoms with Gasteiger partial charge in [-0.1, -0.05) is 48.0 Å². The Balaban J connectivity index is 2.23. The number of aryl methyl sites for hydroxylation is 1. The highest BCUT2D eigenvalue weighted by Crippen LogP contribution is 2.13. The van der Waals surface area contributed by atoms with Crippen LogP contribution in [0.3, 0.4) is 0 Å². The van der Waals surface area contributed by atoms with E-state index in [1.54, 1.807) is 36.4 Å². The second kappa shape index (κ2) is 7.48. The largest absolute Gasteiger partial charge is 0.295 e. The molecular weight excluding hydrogens is 317 g/mol. The van der Waals surface area contributed by atoms with E-state index in [9.17, 15) is 17.6 Å². The fourth-order valence-corrected chi connectivity index (χ4v) is 3.36. The number of hydrogen-bond donors (Lipinski definition) is 1.